The van der Waals surface area contributed by atoms with Crippen LogP contribution in [-0.4, -0.2) is 45.2 Å². The molecule has 2 N–H and O–H groups in total. The van der Waals surface area contributed by atoms with Gasteiger partial charge in [-0.3, -0.25) is 20.4 Å². The number of hydrogen-bond donors (Lipinski definition) is 2. The zero-order valence-corrected chi connectivity index (χ0v) is 16.3. The number of nitrogens with zero attached hydrogens (tertiary/aromatic N) is 1. The van der Waals surface area contributed by atoms with E-state index in [1.165, 1.54) is 14.1 Å². The number of rotatable bonds is 6. The second kappa shape index (κ2) is 8.81. The van der Waals surface area contributed by atoms with Gasteiger partial charge in [0, 0.05) is 14.1 Å². The molecule has 150 valence electrons. The Kier molecular flexibility index (Phi) is 6.71. The Balaban J connectivity index is 2.01. The molecule has 0 unspecified atom stereocenters. The maximum Gasteiger partial charge on any atom is 0.276 e. The molecule has 0 aromatic heterocycles. The predicted octanol–water partition coefficient (Wildman–Crippen LogP) is 1.22. The van der Waals surface area contributed by atoms with Crippen LogP contribution in [0.15, 0.2) is 47.4 Å². The molecule has 2 rings (SSSR count). The summed E-state index contributed by atoms with van der Waals surface area (Å²) < 4.78 is 44.4. The third-order valence-corrected chi connectivity index (χ3v) is 5.54. The Hall–Kier alpha value is -2.98. The van der Waals surface area contributed by atoms with Crippen molar-refractivity contribution >= 4 is 21.8 Å². The van der Waals surface area contributed by atoms with Gasteiger partial charge in [-0.05, 0) is 36.8 Å². The van der Waals surface area contributed by atoms with E-state index < -0.39 is 33.2 Å². The van der Waals surface area contributed by atoms with Crippen molar-refractivity contribution in [2.45, 2.75) is 11.8 Å². The molecular weight excluding hydrogens is 389 g/mol. The summed E-state index contributed by atoms with van der Waals surface area (Å²) in [6.45, 7) is 1.44. The Labute approximate surface area is 162 Å². The number of ether oxygens (including phenoxy) is 1. The Morgan fingerprint density at radius 2 is 1.79 bits per heavy atom. The summed E-state index contributed by atoms with van der Waals surface area (Å²) in [4.78, 5) is 23.7. The first-order valence-corrected chi connectivity index (χ1v) is 9.56. The highest BCUT2D eigenvalue weighted by molar-refractivity contribution is 7.89. The fourth-order valence-electron chi connectivity index (χ4n) is 2.14. The van der Waals surface area contributed by atoms with Crippen molar-refractivity contribution in [3.8, 4) is 5.75 Å². The van der Waals surface area contributed by atoms with Crippen molar-refractivity contribution in [1.29, 1.82) is 0 Å². The van der Waals surface area contributed by atoms with Crippen molar-refractivity contribution < 1.29 is 27.1 Å². The number of benzene rings is 2. The second-order valence-corrected chi connectivity index (χ2v) is 8.14. The maximum atomic E-state index is 13.9. The fourth-order valence-corrected chi connectivity index (χ4v) is 3.07. The van der Waals surface area contributed by atoms with Gasteiger partial charge in [0.2, 0.25) is 10.0 Å². The number of para-hydroxylation sites is 1. The summed E-state index contributed by atoms with van der Waals surface area (Å²) in [5, 5.41) is 0. The summed E-state index contributed by atoms with van der Waals surface area (Å²) in [6.07, 6.45) is 0. The molecular formula is C18H20FN3O5S. The summed E-state index contributed by atoms with van der Waals surface area (Å²) in [5.41, 5.74) is 4.43. The number of halogens is 1. The van der Waals surface area contributed by atoms with E-state index in [1.54, 1.807) is 12.1 Å². The van der Waals surface area contributed by atoms with Crippen LogP contribution in [0.4, 0.5) is 4.39 Å². The van der Waals surface area contributed by atoms with E-state index >= 15 is 0 Å². The van der Waals surface area contributed by atoms with E-state index in [1.807, 2.05) is 24.5 Å². The first-order chi connectivity index (χ1) is 13.1. The number of hydrazine groups is 1. The van der Waals surface area contributed by atoms with E-state index in [0.29, 0.717) is 5.75 Å². The van der Waals surface area contributed by atoms with Gasteiger partial charge in [-0.2, -0.15) is 0 Å². The summed E-state index contributed by atoms with van der Waals surface area (Å²) in [5.74, 6) is -2.09. The molecule has 2 amide bonds. The quantitative estimate of drug-likeness (QED) is 0.698. The first kappa shape index (κ1) is 21.3. The molecule has 0 saturated carbocycles. The van der Waals surface area contributed by atoms with Crippen LogP contribution in [-0.2, 0) is 14.8 Å². The van der Waals surface area contributed by atoms with Gasteiger partial charge >= 0.3 is 0 Å². The minimum Gasteiger partial charge on any atom is -0.483 e. The van der Waals surface area contributed by atoms with Crippen molar-refractivity contribution in [2.24, 2.45) is 0 Å². The standard InChI is InChI=1S/C18H20FN3O5S/c1-12-6-4-5-7-16(12)27-11-17(23)20-21-18(24)14-10-13(8-9-15(14)19)28(25,26)22(2)3/h4-10H,11H2,1-3H3,(H,20,23)(H,21,24). The molecule has 0 fully saturated rings. The lowest BCUT2D eigenvalue weighted by Crippen LogP contribution is -2.44. The average Bonchev–Trinajstić information content (AvgIpc) is 2.65. The van der Waals surface area contributed by atoms with Gasteiger partial charge in [-0.1, -0.05) is 18.2 Å². The minimum atomic E-state index is -3.84. The molecule has 0 aliphatic rings. The molecule has 10 heteroatoms. The second-order valence-electron chi connectivity index (χ2n) is 5.99. The molecule has 0 aliphatic heterocycles. The van der Waals surface area contributed by atoms with Crippen LogP contribution in [0.5, 0.6) is 5.75 Å². The van der Waals surface area contributed by atoms with Gasteiger partial charge in [-0.25, -0.2) is 17.1 Å². The molecule has 28 heavy (non-hydrogen) atoms. The number of hydrogen-bond acceptors (Lipinski definition) is 5. The van der Waals surface area contributed by atoms with E-state index in [-0.39, 0.29) is 11.5 Å². The molecule has 2 aromatic rings. The predicted molar refractivity (Wildman–Crippen MR) is 99.6 cm³/mol. The first-order valence-electron chi connectivity index (χ1n) is 8.12. The molecule has 0 radical (unpaired) electrons. The van der Waals surface area contributed by atoms with E-state index in [2.05, 4.69) is 5.43 Å². The van der Waals surface area contributed by atoms with Crippen molar-refractivity contribution in [1.82, 2.24) is 15.2 Å². The summed E-state index contributed by atoms with van der Waals surface area (Å²) in [7, 11) is -1.22. The third-order valence-electron chi connectivity index (χ3n) is 3.73. The average molecular weight is 409 g/mol. The van der Waals surface area contributed by atoms with Crippen LogP contribution in [0.25, 0.3) is 0 Å². The largest absolute Gasteiger partial charge is 0.483 e. The van der Waals surface area contributed by atoms with Gasteiger partial charge < -0.3 is 4.74 Å². The Bertz CT molecular complexity index is 992. The van der Waals surface area contributed by atoms with Crippen molar-refractivity contribution in [3.05, 3.63) is 59.4 Å². The SMILES string of the molecule is Cc1ccccc1OCC(=O)NNC(=O)c1cc(S(=O)(=O)N(C)C)ccc1F. The zero-order chi connectivity index (χ0) is 20.9. The number of amides is 2. The van der Waals surface area contributed by atoms with Gasteiger partial charge in [0.25, 0.3) is 11.8 Å². The lowest BCUT2D eigenvalue weighted by Gasteiger charge is -2.13. The molecule has 0 atom stereocenters. The highest BCUT2D eigenvalue weighted by Crippen LogP contribution is 2.18. The van der Waals surface area contributed by atoms with Gasteiger partial charge in [0.1, 0.15) is 11.6 Å². The number of aryl methyl sites for hydroxylation is 1. The zero-order valence-electron chi connectivity index (χ0n) is 15.5. The van der Waals surface area contributed by atoms with Crippen LogP contribution in [0.1, 0.15) is 15.9 Å². The van der Waals surface area contributed by atoms with Crippen LogP contribution in [0, 0.1) is 12.7 Å². The molecule has 8 nitrogen and oxygen atoms in total. The minimum absolute atomic E-state index is 0.252. The highest BCUT2D eigenvalue weighted by Gasteiger charge is 2.21. The van der Waals surface area contributed by atoms with Gasteiger partial charge in [0.05, 0.1) is 10.5 Å². The van der Waals surface area contributed by atoms with Crippen LogP contribution in [0.2, 0.25) is 0 Å². The van der Waals surface area contributed by atoms with E-state index in [9.17, 15) is 22.4 Å². The van der Waals surface area contributed by atoms with Crippen LogP contribution >= 0.6 is 0 Å². The van der Waals surface area contributed by atoms with Crippen molar-refractivity contribution in [3.63, 3.8) is 0 Å². The number of carbonyl (C=O) groups excluding carboxylic acids is 2. The molecule has 0 bridgehead atoms. The summed E-state index contributed by atoms with van der Waals surface area (Å²) in [6, 6.07) is 9.89. The third kappa shape index (κ3) is 5.05. The van der Waals surface area contributed by atoms with Crippen LogP contribution in [0.3, 0.4) is 0 Å². The van der Waals surface area contributed by atoms with Crippen molar-refractivity contribution in [2.75, 3.05) is 20.7 Å². The molecule has 0 aliphatic carbocycles. The topological polar surface area (TPSA) is 105 Å². The number of carbonyl (C=O) groups is 2. The molecule has 0 spiro atoms. The van der Waals surface area contributed by atoms with Gasteiger partial charge in [0.15, 0.2) is 6.61 Å². The Morgan fingerprint density at radius 3 is 2.43 bits per heavy atom. The fraction of sp³-hybridized carbons (Fsp3) is 0.222. The number of nitrogens with one attached hydrogen (secondary N) is 2. The van der Waals surface area contributed by atoms with E-state index in [4.69, 9.17) is 4.74 Å². The van der Waals surface area contributed by atoms with Gasteiger partial charge in [-0.15, -0.1) is 0 Å². The molecule has 0 saturated heterocycles. The highest BCUT2D eigenvalue weighted by atomic mass is 32.2. The molecule has 2 aromatic carbocycles. The monoisotopic (exact) mass is 409 g/mol. The lowest BCUT2D eigenvalue weighted by atomic mass is 10.2. The smallest absolute Gasteiger partial charge is 0.276 e. The normalized spacial score (nSPS) is 11.2. The maximum absolute atomic E-state index is 13.9. The molecule has 0 heterocycles. The summed E-state index contributed by atoms with van der Waals surface area (Å²) >= 11 is 0. The van der Waals surface area contributed by atoms with E-state index in [0.717, 1.165) is 28.1 Å². The Morgan fingerprint density at radius 1 is 1.11 bits per heavy atom. The van der Waals surface area contributed by atoms with Crippen LogP contribution < -0.4 is 15.6 Å². The number of sulfonamides is 1. The lowest BCUT2D eigenvalue weighted by molar-refractivity contribution is -0.123.